The van der Waals surface area contributed by atoms with Crippen LogP contribution in [0.2, 0.25) is 0 Å². The highest BCUT2D eigenvalue weighted by atomic mass is 79.9. The van der Waals surface area contributed by atoms with Crippen molar-refractivity contribution in [3.05, 3.63) is 0 Å². The van der Waals surface area contributed by atoms with Crippen LogP contribution < -0.4 is 0 Å². The third-order valence-electron chi connectivity index (χ3n) is 0.816. The normalized spacial score (nSPS) is 9.11. The molecule has 0 spiro atoms. The Kier molecular flexibility index (Phi) is 6.63. The third kappa shape index (κ3) is 4.78. The molecule has 0 N–H and O–H groups in total. The highest BCUT2D eigenvalue weighted by molar-refractivity contribution is 9.09. The first kappa shape index (κ1) is 9.30. The average Bonchev–Trinajstić information content (AvgIpc) is 1.88. The monoisotopic (exact) mass is 211 g/mol. The second-order valence-corrected chi connectivity index (χ2v) is 3.15. The molecule has 0 radical (unpaired) electrons. The number of alkyl halides is 1. The van der Waals surface area contributed by atoms with E-state index in [-0.39, 0.29) is 0 Å². The van der Waals surface area contributed by atoms with Gasteiger partial charge in [-0.3, -0.25) is 4.79 Å². The Morgan fingerprint density at radius 2 is 2.44 bits per heavy atom. The van der Waals surface area contributed by atoms with Gasteiger partial charge in [-0.05, 0) is 6.26 Å². The summed E-state index contributed by atoms with van der Waals surface area (Å²) in [6, 6.07) is 0. The Morgan fingerprint density at radius 3 is 2.78 bits per heavy atom. The number of amides is 1. The van der Waals surface area contributed by atoms with Gasteiger partial charge in [-0.15, -0.1) is 11.8 Å². The van der Waals surface area contributed by atoms with Crippen LogP contribution in [0.15, 0.2) is 0 Å². The first-order valence-corrected chi connectivity index (χ1v) is 5.11. The van der Waals surface area contributed by atoms with Gasteiger partial charge < -0.3 is 4.90 Å². The summed E-state index contributed by atoms with van der Waals surface area (Å²) in [5, 5.41) is 0.853. The standard InChI is InChI=1S/C5H10BrNOS/c1-9-5-7(4-8)3-2-6/h4H,2-3,5H2,1H3. The van der Waals surface area contributed by atoms with Crippen LogP contribution in [0.25, 0.3) is 0 Å². The first-order chi connectivity index (χ1) is 4.35. The van der Waals surface area contributed by atoms with Crippen molar-refractivity contribution in [3.63, 3.8) is 0 Å². The first-order valence-electron chi connectivity index (χ1n) is 2.59. The van der Waals surface area contributed by atoms with Gasteiger partial charge in [-0.25, -0.2) is 0 Å². The zero-order chi connectivity index (χ0) is 7.11. The molecule has 0 aliphatic carbocycles. The fourth-order valence-corrected chi connectivity index (χ4v) is 1.40. The Labute approximate surface area is 68.1 Å². The molecule has 0 aliphatic heterocycles. The van der Waals surface area contributed by atoms with E-state index in [1.54, 1.807) is 16.7 Å². The summed E-state index contributed by atoms with van der Waals surface area (Å²) in [6.45, 7) is 0.796. The minimum absolute atomic E-state index is 0.787. The molecule has 0 saturated heterocycles. The predicted octanol–water partition coefficient (Wildman–Crippen LogP) is 1.16. The molecule has 0 aromatic carbocycles. The molecule has 4 heteroatoms. The van der Waals surface area contributed by atoms with E-state index < -0.39 is 0 Å². The van der Waals surface area contributed by atoms with Crippen LogP contribution in [0.1, 0.15) is 0 Å². The van der Waals surface area contributed by atoms with Gasteiger partial charge in [-0.1, -0.05) is 15.9 Å². The molecule has 0 aliphatic rings. The zero-order valence-corrected chi connectivity index (χ0v) is 7.74. The van der Waals surface area contributed by atoms with Crippen LogP contribution >= 0.6 is 27.7 Å². The van der Waals surface area contributed by atoms with Crippen molar-refractivity contribution in [2.75, 3.05) is 24.0 Å². The molecule has 54 valence electrons. The number of thioether (sulfide) groups is 1. The molecule has 0 saturated carbocycles. The summed E-state index contributed by atoms with van der Waals surface area (Å²) in [5.41, 5.74) is 0. The summed E-state index contributed by atoms with van der Waals surface area (Å²) >= 11 is 4.90. The number of hydrogen-bond acceptors (Lipinski definition) is 2. The van der Waals surface area contributed by atoms with Gasteiger partial charge in [0.05, 0.1) is 5.88 Å². The Morgan fingerprint density at radius 1 is 1.78 bits per heavy atom. The molecule has 0 heterocycles. The highest BCUT2D eigenvalue weighted by Crippen LogP contribution is 1.96. The van der Waals surface area contributed by atoms with Crippen molar-refractivity contribution >= 4 is 34.1 Å². The number of hydrogen-bond donors (Lipinski definition) is 0. The molecule has 0 rings (SSSR count). The van der Waals surface area contributed by atoms with Crippen LogP contribution in [-0.4, -0.2) is 35.3 Å². The second kappa shape index (κ2) is 6.42. The summed E-state index contributed by atoms with van der Waals surface area (Å²) in [4.78, 5) is 11.9. The van der Waals surface area contributed by atoms with E-state index in [0.29, 0.717) is 0 Å². The summed E-state index contributed by atoms with van der Waals surface area (Å²) in [6.07, 6.45) is 2.85. The lowest BCUT2D eigenvalue weighted by Crippen LogP contribution is -2.23. The second-order valence-electron chi connectivity index (χ2n) is 1.52. The SMILES string of the molecule is CSCN(C=O)CCBr. The quantitative estimate of drug-likeness (QED) is 0.387. The Hall–Kier alpha value is 0.300. The summed E-state index contributed by atoms with van der Waals surface area (Å²) in [5.74, 6) is 0.787. The predicted molar refractivity (Wildman–Crippen MR) is 44.9 cm³/mol. The van der Waals surface area contributed by atoms with Crippen molar-refractivity contribution in [2.24, 2.45) is 0 Å². The molecule has 0 bridgehead atoms. The summed E-state index contributed by atoms with van der Waals surface area (Å²) < 4.78 is 0. The van der Waals surface area contributed by atoms with Gasteiger partial charge in [0.25, 0.3) is 0 Å². The molecule has 0 atom stereocenters. The van der Waals surface area contributed by atoms with E-state index in [1.165, 1.54) is 0 Å². The molecule has 1 amide bonds. The van der Waals surface area contributed by atoms with E-state index in [9.17, 15) is 4.79 Å². The Balaban J connectivity index is 3.29. The maximum Gasteiger partial charge on any atom is 0.210 e. The zero-order valence-electron chi connectivity index (χ0n) is 5.34. The lowest BCUT2D eigenvalue weighted by atomic mass is 10.7. The summed E-state index contributed by atoms with van der Waals surface area (Å²) in [7, 11) is 0. The van der Waals surface area contributed by atoms with Gasteiger partial charge in [0.1, 0.15) is 0 Å². The van der Waals surface area contributed by atoms with Gasteiger partial charge in [0.2, 0.25) is 6.41 Å². The number of carbonyl (C=O) groups is 1. The largest absolute Gasteiger partial charge is 0.335 e. The number of rotatable bonds is 5. The molecule has 2 nitrogen and oxygen atoms in total. The fourth-order valence-electron chi connectivity index (χ4n) is 0.422. The van der Waals surface area contributed by atoms with Crippen LogP contribution in [0.4, 0.5) is 0 Å². The number of halogens is 1. The number of carbonyl (C=O) groups excluding carboxylic acids is 1. The van der Waals surface area contributed by atoms with E-state index in [0.717, 1.165) is 24.2 Å². The average molecular weight is 212 g/mol. The van der Waals surface area contributed by atoms with E-state index in [2.05, 4.69) is 15.9 Å². The van der Waals surface area contributed by atoms with Crippen molar-refractivity contribution in [1.29, 1.82) is 0 Å². The smallest absolute Gasteiger partial charge is 0.210 e. The van der Waals surface area contributed by atoms with E-state index >= 15 is 0 Å². The van der Waals surface area contributed by atoms with Crippen LogP contribution in [-0.2, 0) is 4.79 Å². The van der Waals surface area contributed by atoms with Crippen molar-refractivity contribution < 1.29 is 4.79 Å². The van der Waals surface area contributed by atoms with Gasteiger partial charge in [-0.2, -0.15) is 0 Å². The maximum absolute atomic E-state index is 10.2. The van der Waals surface area contributed by atoms with Gasteiger partial charge in [0.15, 0.2) is 0 Å². The minimum atomic E-state index is 0.787. The van der Waals surface area contributed by atoms with Gasteiger partial charge >= 0.3 is 0 Å². The van der Waals surface area contributed by atoms with Crippen LogP contribution in [0.3, 0.4) is 0 Å². The van der Waals surface area contributed by atoms with E-state index in [1.807, 2.05) is 6.26 Å². The third-order valence-corrected chi connectivity index (χ3v) is 1.76. The van der Waals surface area contributed by atoms with Crippen molar-refractivity contribution in [2.45, 2.75) is 0 Å². The van der Waals surface area contributed by atoms with Crippen LogP contribution in [0, 0.1) is 0 Å². The lowest BCUT2D eigenvalue weighted by molar-refractivity contribution is -0.117. The molecule has 0 unspecified atom stereocenters. The molecular formula is C5H10BrNOS. The molecule has 0 fully saturated rings. The topological polar surface area (TPSA) is 20.3 Å². The molecule has 0 aromatic heterocycles. The van der Waals surface area contributed by atoms with Gasteiger partial charge in [0, 0.05) is 11.9 Å². The minimum Gasteiger partial charge on any atom is -0.335 e. The molecule has 9 heavy (non-hydrogen) atoms. The Bertz CT molecular complexity index is 75.4. The molecule has 0 aromatic rings. The fraction of sp³-hybridized carbons (Fsp3) is 0.800. The maximum atomic E-state index is 10.2. The highest BCUT2D eigenvalue weighted by Gasteiger charge is 1.95. The molecular weight excluding hydrogens is 202 g/mol. The van der Waals surface area contributed by atoms with Crippen molar-refractivity contribution in [3.8, 4) is 0 Å². The van der Waals surface area contributed by atoms with E-state index in [4.69, 9.17) is 0 Å². The number of nitrogens with zero attached hydrogens (tertiary/aromatic N) is 1. The lowest BCUT2D eigenvalue weighted by Gasteiger charge is -2.12. The van der Waals surface area contributed by atoms with Crippen molar-refractivity contribution in [1.82, 2.24) is 4.90 Å². The van der Waals surface area contributed by atoms with Crippen LogP contribution in [0.5, 0.6) is 0 Å².